The number of aryl methyl sites for hydroxylation is 1. The lowest BCUT2D eigenvalue weighted by atomic mass is 9.96. The van der Waals surface area contributed by atoms with E-state index in [2.05, 4.69) is 29.4 Å². The molecule has 92 valence electrons. The topological polar surface area (TPSA) is 50.4 Å². The molecule has 0 spiro atoms. The summed E-state index contributed by atoms with van der Waals surface area (Å²) in [6.45, 7) is 2.07. The lowest BCUT2D eigenvalue weighted by Crippen LogP contribution is -2.26. The first-order valence-corrected chi connectivity index (χ1v) is 6.41. The van der Waals surface area contributed by atoms with E-state index >= 15 is 0 Å². The summed E-state index contributed by atoms with van der Waals surface area (Å²) in [6.07, 6.45) is 6.27. The SMILES string of the molecule is Cc1cccc(NC(N)=NC2CCCCC2)c1. The molecular weight excluding hydrogens is 210 g/mol. The third kappa shape index (κ3) is 3.77. The Hall–Kier alpha value is -1.51. The van der Waals surface area contributed by atoms with Gasteiger partial charge in [0.15, 0.2) is 5.96 Å². The average Bonchev–Trinajstić information content (AvgIpc) is 2.30. The highest BCUT2D eigenvalue weighted by Gasteiger charge is 2.12. The first kappa shape index (κ1) is 12.0. The van der Waals surface area contributed by atoms with Gasteiger partial charge in [-0.25, -0.2) is 4.99 Å². The number of hydrogen-bond acceptors (Lipinski definition) is 1. The van der Waals surface area contributed by atoms with Gasteiger partial charge in [-0.2, -0.15) is 0 Å². The molecule has 0 atom stereocenters. The molecule has 3 N–H and O–H groups in total. The molecule has 0 unspecified atom stereocenters. The predicted molar refractivity (Wildman–Crippen MR) is 73.3 cm³/mol. The number of benzene rings is 1. The smallest absolute Gasteiger partial charge is 0.193 e. The number of anilines is 1. The van der Waals surface area contributed by atoms with Crippen LogP contribution in [0.15, 0.2) is 29.3 Å². The molecule has 3 heteroatoms. The second-order valence-electron chi connectivity index (χ2n) is 4.80. The predicted octanol–water partition coefficient (Wildman–Crippen LogP) is 3.05. The molecule has 1 aliphatic rings. The van der Waals surface area contributed by atoms with Crippen LogP contribution in [-0.4, -0.2) is 12.0 Å². The number of hydrogen-bond donors (Lipinski definition) is 2. The average molecular weight is 231 g/mol. The zero-order chi connectivity index (χ0) is 12.1. The highest BCUT2D eigenvalue weighted by Crippen LogP contribution is 2.20. The molecule has 1 aliphatic carbocycles. The molecule has 0 aliphatic heterocycles. The summed E-state index contributed by atoms with van der Waals surface area (Å²) in [4.78, 5) is 4.54. The van der Waals surface area contributed by atoms with Crippen LogP contribution in [0.1, 0.15) is 37.7 Å². The van der Waals surface area contributed by atoms with Crippen molar-refractivity contribution in [1.29, 1.82) is 0 Å². The Morgan fingerprint density at radius 3 is 2.76 bits per heavy atom. The summed E-state index contributed by atoms with van der Waals surface area (Å²) < 4.78 is 0. The zero-order valence-corrected chi connectivity index (χ0v) is 10.4. The van der Waals surface area contributed by atoms with Crippen molar-refractivity contribution >= 4 is 11.6 Å². The normalized spacial score (nSPS) is 18.1. The number of nitrogens with two attached hydrogens (primary N) is 1. The molecular formula is C14H21N3. The van der Waals surface area contributed by atoms with E-state index in [4.69, 9.17) is 5.73 Å². The van der Waals surface area contributed by atoms with Gasteiger partial charge in [-0.15, -0.1) is 0 Å². The summed E-state index contributed by atoms with van der Waals surface area (Å²) >= 11 is 0. The summed E-state index contributed by atoms with van der Waals surface area (Å²) in [5, 5.41) is 3.16. The van der Waals surface area contributed by atoms with Gasteiger partial charge in [0.2, 0.25) is 0 Å². The molecule has 0 bridgehead atoms. The number of rotatable bonds is 2. The summed E-state index contributed by atoms with van der Waals surface area (Å²) in [7, 11) is 0. The van der Waals surface area contributed by atoms with Gasteiger partial charge in [0.1, 0.15) is 0 Å². The largest absolute Gasteiger partial charge is 0.370 e. The third-order valence-electron chi connectivity index (χ3n) is 3.19. The lowest BCUT2D eigenvalue weighted by Gasteiger charge is -2.18. The Morgan fingerprint density at radius 2 is 2.06 bits per heavy atom. The van der Waals surface area contributed by atoms with E-state index < -0.39 is 0 Å². The quantitative estimate of drug-likeness (QED) is 0.607. The maximum atomic E-state index is 5.93. The molecule has 1 aromatic rings. The summed E-state index contributed by atoms with van der Waals surface area (Å²) in [6, 6.07) is 8.59. The van der Waals surface area contributed by atoms with Crippen molar-refractivity contribution in [2.75, 3.05) is 5.32 Å². The third-order valence-corrected chi connectivity index (χ3v) is 3.19. The van der Waals surface area contributed by atoms with Gasteiger partial charge in [-0.1, -0.05) is 31.4 Å². The van der Waals surface area contributed by atoms with Crippen molar-refractivity contribution in [3.8, 4) is 0 Å². The van der Waals surface area contributed by atoms with Crippen LogP contribution in [0.3, 0.4) is 0 Å². The molecule has 1 saturated carbocycles. The Kier molecular flexibility index (Phi) is 4.02. The first-order chi connectivity index (χ1) is 8.24. The van der Waals surface area contributed by atoms with Gasteiger partial charge in [0.05, 0.1) is 6.04 Å². The summed E-state index contributed by atoms with van der Waals surface area (Å²) in [5.41, 5.74) is 8.16. The number of aliphatic imine (C=N–C) groups is 1. The molecule has 3 nitrogen and oxygen atoms in total. The van der Waals surface area contributed by atoms with E-state index in [0.29, 0.717) is 12.0 Å². The molecule has 17 heavy (non-hydrogen) atoms. The fraction of sp³-hybridized carbons (Fsp3) is 0.500. The fourth-order valence-electron chi connectivity index (χ4n) is 2.31. The molecule has 0 radical (unpaired) electrons. The molecule has 0 heterocycles. The van der Waals surface area contributed by atoms with Crippen LogP contribution in [-0.2, 0) is 0 Å². The second-order valence-corrected chi connectivity index (χ2v) is 4.80. The van der Waals surface area contributed by atoms with Gasteiger partial charge in [0.25, 0.3) is 0 Å². The van der Waals surface area contributed by atoms with Crippen LogP contribution in [0.4, 0.5) is 5.69 Å². The van der Waals surface area contributed by atoms with E-state index in [1.807, 2.05) is 12.1 Å². The number of nitrogens with one attached hydrogen (secondary N) is 1. The zero-order valence-electron chi connectivity index (χ0n) is 10.4. The van der Waals surface area contributed by atoms with E-state index in [-0.39, 0.29) is 0 Å². The van der Waals surface area contributed by atoms with Crippen molar-refractivity contribution in [1.82, 2.24) is 0 Å². The molecule has 0 aromatic heterocycles. The standard InChI is InChI=1S/C14H21N3/c1-11-6-5-9-13(10-11)17-14(15)16-12-7-3-2-4-8-12/h5-6,9-10,12H,2-4,7-8H2,1H3,(H3,15,16,17). The monoisotopic (exact) mass is 231 g/mol. The minimum absolute atomic E-state index is 0.418. The van der Waals surface area contributed by atoms with Crippen molar-refractivity contribution in [3.05, 3.63) is 29.8 Å². The van der Waals surface area contributed by atoms with Crippen molar-refractivity contribution in [3.63, 3.8) is 0 Å². The minimum Gasteiger partial charge on any atom is -0.370 e. The van der Waals surface area contributed by atoms with Crippen LogP contribution in [0, 0.1) is 6.92 Å². The van der Waals surface area contributed by atoms with Crippen LogP contribution < -0.4 is 11.1 Å². The van der Waals surface area contributed by atoms with Crippen LogP contribution in [0.2, 0.25) is 0 Å². The minimum atomic E-state index is 0.418. The highest BCUT2D eigenvalue weighted by molar-refractivity contribution is 5.92. The number of nitrogens with zero attached hydrogens (tertiary/aromatic N) is 1. The molecule has 0 amide bonds. The van der Waals surface area contributed by atoms with Gasteiger partial charge in [-0.05, 0) is 37.5 Å². The lowest BCUT2D eigenvalue weighted by molar-refractivity contribution is 0.443. The Morgan fingerprint density at radius 1 is 1.29 bits per heavy atom. The van der Waals surface area contributed by atoms with Gasteiger partial charge in [-0.3, -0.25) is 0 Å². The Bertz CT molecular complexity index is 392. The van der Waals surface area contributed by atoms with Crippen LogP contribution in [0.5, 0.6) is 0 Å². The van der Waals surface area contributed by atoms with E-state index in [1.54, 1.807) is 0 Å². The molecule has 0 saturated heterocycles. The maximum Gasteiger partial charge on any atom is 0.193 e. The molecule has 1 aromatic carbocycles. The Labute approximate surface area is 103 Å². The highest BCUT2D eigenvalue weighted by atomic mass is 15.1. The summed E-state index contributed by atoms with van der Waals surface area (Å²) in [5.74, 6) is 0.544. The van der Waals surface area contributed by atoms with E-state index in [0.717, 1.165) is 5.69 Å². The van der Waals surface area contributed by atoms with Gasteiger partial charge in [0, 0.05) is 5.69 Å². The van der Waals surface area contributed by atoms with Crippen LogP contribution in [0.25, 0.3) is 0 Å². The molecule has 2 rings (SSSR count). The molecule has 1 fully saturated rings. The van der Waals surface area contributed by atoms with Crippen molar-refractivity contribution in [2.45, 2.75) is 45.1 Å². The van der Waals surface area contributed by atoms with Gasteiger partial charge >= 0.3 is 0 Å². The van der Waals surface area contributed by atoms with Gasteiger partial charge < -0.3 is 11.1 Å². The second kappa shape index (κ2) is 5.71. The van der Waals surface area contributed by atoms with Crippen LogP contribution >= 0.6 is 0 Å². The fourth-order valence-corrected chi connectivity index (χ4v) is 2.31. The van der Waals surface area contributed by atoms with E-state index in [9.17, 15) is 0 Å². The number of guanidine groups is 1. The van der Waals surface area contributed by atoms with Crippen molar-refractivity contribution in [2.24, 2.45) is 10.7 Å². The van der Waals surface area contributed by atoms with Crippen molar-refractivity contribution < 1.29 is 0 Å². The Balaban J connectivity index is 1.95. The first-order valence-electron chi connectivity index (χ1n) is 6.41. The maximum absolute atomic E-state index is 5.93. The van der Waals surface area contributed by atoms with E-state index in [1.165, 1.54) is 37.7 Å².